The molecule has 100 valence electrons. The normalized spacial score (nSPS) is 12.5. The molecule has 0 N–H and O–H groups in total. The lowest BCUT2D eigenvalue weighted by molar-refractivity contribution is 0.918. The van der Waals surface area contributed by atoms with E-state index in [4.69, 9.17) is 11.6 Å². The van der Waals surface area contributed by atoms with E-state index in [1.807, 2.05) is 12.1 Å². The molecule has 0 saturated heterocycles. The molecule has 1 aromatic heterocycles. The van der Waals surface area contributed by atoms with Gasteiger partial charge in [-0.3, -0.25) is 4.98 Å². The maximum atomic E-state index is 6.54. The first kappa shape index (κ1) is 13.6. The fraction of sp³-hybridized carbons (Fsp3) is 0.118. The molecule has 3 heteroatoms. The number of fused-ring (bicyclic) bond motifs is 1. The molecule has 0 amide bonds. The fourth-order valence-corrected chi connectivity index (χ4v) is 2.97. The van der Waals surface area contributed by atoms with Gasteiger partial charge in [-0.1, -0.05) is 34.1 Å². The van der Waals surface area contributed by atoms with Crippen LogP contribution >= 0.6 is 27.5 Å². The average Bonchev–Trinajstić information content (AvgIpc) is 2.47. The van der Waals surface area contributed by atoms with Gasteiger partial charge in [-0.2, -0.15) is 0 Å². The number of pyridine rings is 1. The predicted octanol–water partition coefficient (Wildman–Crippen LogP) is 5.52. The number of hydrogen-bond donors (Lipinski definition) is 0. The molecule has 0 radical (unpaired) electrons. The number of alkyl halides is 1. The minimum absolute atomic E-state index is 0.0227. The van der Waals surface area contributed by atoms with Gasteiger partial charge in [0.2, 0.25) is 0 Å². The number of nitrogens with zero attached hydrogens (tertiary/aromatic N) is 1. The molecule has 0 saturated carbocycles. The summed E-state index contributed by atoms with van der Waals surface area (Å²) >= 11 is 10.0. The van der Waals surface area contributed by atoms with Crippen molar-refractivity contribution in [2.75, 3.05) is 0 Å². The van der Waals surface area contributed by atoms with Crippen LogP contribution in [0.2, 0.25) is 0 Å². The highest BCUT2D eigenvalue weighted by Gasteiger charge is 2.09. The Morgan fingerprint density at radius 1 is 0.950 bits per heavy atom. The monoisotopic (exact) mass is 345 g/mol. The zero-order valence-corrected chi connectivity index (χ0v) is 13.1. The molecule has 1 nitrogen and oxygen atoms in total. The lowest BCUT2D eigenvalue weighted by atomic mass is 10.0. The van der Waals surface area contributed by atoms with Crippen molar-refractivity contribution in [1.29, 1.82) is 0 Å². The molecule has 0 aliphatic rings. The third-order valence-electron chi connectivity index (χ3n) is 3.35. The van der Waals surface area contributed by atoms with Crippen LogP contribution in [0.5, 0.6) is 0 Å². The Bertz CT molecular complexity index is 727. The van der Waals surface area contributed by atoms with Gasteiger partial charge in [-0.25, -0.2) is 0 Å². The first-order chi connectivity index (χ1) is 9.72. The van der Waals surface area contributed by atoms with Crippen molar-refractivity contribution in [3.8, 4) is 0 Å². The van der Waals surface area contributed by atoms with Crippen LogP contribution in [0, 0.1) is 0 Å². The molecule has 2 aromatic carbocycles. The summed E-state index contributed by atoms with van der Waals surface area (Å²) in [5.74, 6) is 0. The number of hydrogen-bond acceptors (Lipinski definition) is 1. The third kappa shape index (κ3) is 3.02. The molecule has 0 bridgehead atoms. The van der Waals surface area contributed by atoms with E-state index in [2.05, 4.69) is 57.3 Å². The van der Waals surface area contributed by atoms with Gasteiger partial charge >= 0.3 is 0 Å². The zero-order chi connectivity index (χ0) is 13.9. The standard InChI is InChI=1S/C17H13BrClN/c18-16-4-3-13-10-15(2-1-14(13)11-16)17(19)9-12-5-7-20-8-6-12/h1-8,10-11,17H,9H2. The van der Waals surface area contributed by atoms with Gasteiger partial charge in [0.05, 0.1) is 5.38 Å². The van der Waals surface area contributed by atoms with Gasteiger partial charge < -0.3 is 0 Å². The summed E-state index contributed by atoms with van der Waals surface area (Å²) in [5, 5.41) is 2.41. The highest BCUT2D eigenvalue weighted by Crippen LogP contribution is 2.28. The van der Waals surface area contributed by atoms with Crippen molar-refractivity contribution < 1.29 is 0 Å². The number of benzene rings is 2. The SMILES string of the molecule is ClC(Cc1ccncc1)c1ccc2cc(Br)ccc2c1. The van der Waals surface area contributed by atoms with E-state index in [0.29, 0.717) is 0 Å². The lowest BCUT2D eigenvalue weighted by Gasteiger charge is -2.11. The van der Waals surface area contributed by atoms with Gasteiger partial charge in [0, 0.05) is 16.9 Å². The summed E-state index contributed by atoms with van der Waals surface area (Å²) in [7, 11) is 0. The molecular weight excluding hydrogens is 334 g/mol. The highest BCUT2D eigenvalue weighted by molar-refractivity contribution is 9.10. The van der Waals surface area contributed by atoms with Crippen molar-refractivity contribution in [1.82, 2.24) is 4.98 Å². The largest absolute Gasteiger partial charge is 0.265 e. The van der Waals surface area contributed by atoms with Crippen molar-refractivity contribution in [3.05, 3.63) is 76.5 Å². The first-order valence-corrected chi connectivity index (χ1v) is 7.67. The van der Waals surface area contributed by atoms with E-state index in [9.17, 15) is 0 Å². The zero-order valence-electron chi connectivity index (χ0n) is 10.8. The molecule has 20 heavy (non-hydrogen) atoms. The summed E-state index contributed by atoms with van der Waals surface area (Å²) < 4.78 is 1.09. The van der Waals surface area contributed by atoms with E-state index in [0.717, 1.165) is 16.5 Å². The second kappa shape index (κ2) is 5.94. The summed E-state index contributed by atoms with van der Waals surface area (Å²) in [5.41, 5.74) is 2.36. The molecule has 0 spiro atoms. The van der Waals surface area contributed by atoms with Crippen LogP contribution in [0.25, 0.3) is 10.8 Å². The quantitative estimate of drug-likeness (QED) is 0.569. The Labute approximate surface area is 131 Å². The number of halogens is 2. The van der Waals surface area contributed by atoms with Crippen molar-refractivity contribution in [2.24, 2.45) is 0 Å². The Morgan fingerprint density at radius 2 is 1.65 bits per heavy atom. The third-order valence-corrected chi connectivity index (χ3v) is 4.25. The first-order valence-electron chi connectivity index (χ1n) is 6.44. The molecule has 0 aliphatic carbocycles. The van der Waals surface area contributed by atoms with Crippen LogP contribution in [-0.2, 0) is 6.42 Å². The van der Waals surface area contributed by atoms with E-state index >= 15 is 0 Å². The van der Waals surface area contributed by atoms with Gasteiger partial charge in [-0.15, -0.1) is 11.6 Å². The van der Waals surface area contributed by atoms with Crippen molar-refractivity contribution in [3.63, 3.8) is 0 Å². The highest BCUT2D eigenvalue weighted by atomic mass is 79.9. The molecule has 3 aromatic rings. The summed E-state index contributed by atoms with van der Waals surface area (Å²) in [6.07, 6.45) is 4.42. The minimum atomic E-state index is -0.0227. The van der Waals surface area contributed by atoms with E-state index < -0.39 is 0 Å². The second-order valence-electron chi connectivity index (χ2n) is 4.78. The number of aromatic nitrogens is 1. The van der Waals surface area contributed by atoms with E-state index in [-0.39, 0.29) is 5.38 Å². The number of rotatable bonds is 3. The Hall–Kier alpha value is -1.38. The van der Waals surface area contributed by atoms with Gasteiger partial charge in [0.25, 0.3) is 0 Å². The van der Waals surface area contributed by atoms with Gasteiger partial charge in [0.1, 0.15) is 0 Å². The molecule has 1 unspecified atom stereocenters. The van der Waals surface area contributed by atoms with E-state index in [1.54, 1.807) is 12.4 Å². The average molecular weight is 347 g/mol. The van der Waals surface area contributed by atoms with E-state index in [1.165, 1.54) is 16.3 Å². The van der Waals surface area contributed by atoms with Crippen molar-refractivity contribution >= 4 is 38.3 Å². The van der Waals surface area contributed by atoms with Crippen LogP contribution in [0.1, 0.15) is 16.5 Å². The molecule has 0 fully saturated rings. The van der Waals surface area contributed by atoms with Crippen LogP contribution in [0.15, 0.2) is 65.4 Å². The minimum Gasteiger partial charge on any atom is -0.265 e. The van der Waals surface area contributed by atoms with Crippen LogP contribution in [0.3, 0.4) is 0 Å². The second-order valence-corrected chi connectivity index (χ2v) is 6.22. The summed E-state index contributed by atoms with van der Waals surface area (Å²) in [4.78, 5) is 4.03. The Morgan fingerprint density at radius 3 is 2.45 bits per heavy atom. The topological polar surface area (TPSA) is 12.9 Å². The molecule has 1 heterocycles. The maximum absolute atomic E-state index is 6.54. The van der Waals surface area contributed by atoms with Crippen LogP contribution in [0.4, 0.5) is 0 Å². The molecular formula is C17H13BrClN. The van der Waals surface area contributed by atoms with Crippen LogP contribution < -0.4 is 0 Å². The lowest BCUT2D eigenvalue weighted by Crippen LogP contribution is -1.96. The summed E-state index contributed by atoms with van der Waals surface area (Å²) in [6, 6.07) is 16.7. The van der Waals surface area contributed by atoms with Gasteiger partial charge in [-0.05, 0) is 58.7 Å². The van der Waals surface area contributed by atoms with Crippen LogP contribution in [-0.4, -0.2) is 4.98 Å². The van der Waals surface area contributed by atoms with Crippen molar-refractivity contribution in [2.45, 2.75) is 11.8 Å². The fourth-order valence-electron chi connectivity index (χ4n) is 2.27. The molecule has 0 aliphatic heterocycles. The molecule has 1 atom stereocenters. The smallest absolute Gasteiger partial charge is 0.0625 e. The Kier molecular flexibility index (Phi) is 4.04. The van der Waals surface area contributed by atoms with Gasteiger partial charge in [0.15, 0.2) is 0 Å². The Balaban J connectivity index is 1.88. The molecule has 3 rings (SSSR count). The maximum Gasteiger partial charge on any atom is 0.0625 e. The predicted molar refractivity (Wildman–Crippen MR) is 88.2 cm³/mol. The summed E-state index contributed by atoms with van der Waals surface area (Å²) in [6.45, 7) is 0.